The number of hydrogen-bond acceptors (Lipinski definition) is 2. The summed E-state index contributed by atoms with van der Waals surface area (Å²) in [6, 6.07) is 0. The lowest BCUT2D eigenvalue weighted by Crippen LogP contribution is -1.63. The van der Waals surface area contributed by atoms with Crippen LogP contribution in [0.4, 0.5) is 0 Å². The van der Waals surface area contributed by atoms with E-state index in [9.17, 15) is 0 Å². The first-order valence-corrected chi connectivity index (χ1v) is 2.89. The van der Waals surface area contributed by atoms with Gasteiger partial charge in [0.25, 0.3) is 0 Å². The second-order valence-electron chi connectivity index (χ2n) is 0.642. The summed E-state index contributed by atoms with van der Waals surface area (Å²) in [5, 5.41) is 0. The van der Waals surface area contributed by atoms with Crippen LogP contribution in [0.5, 0.6) is 0 Å². The number of carbonyl (C=O) groups excluding carboxylic acids is 2. The van der Waals surface area contributed by atoms with Crippen molar-refractivity contribution >= 4 is 35.8 Å². The van der Waals surface area contributed by atoms with Crippen molar-refractivity contribution in [1.82, 2.24) is 0 Å². The minimum absolute atomic E-state index is 0. The average Bonchev–Trinajstić information content (AvgIpc) is 1.88. The summed E-state index contributed by atoms with van der Waals surface area (Å²) in [6.45, 7) is 0. The lowest BCUT2D eigenvalue weighted by atomic mass is 10.9. The second kappa shape index (κ2) is 24.8. The maximum absolute atomic E-state index is 9.04. The van der Waals surface area contributed by atoms with E-state index in [2.05, 4.69) is 0 Å². The Morgan fingerprint density at radius 2 is 1.11 bits per heavy atom. The molecule has 0 saturated heterocycles. The Morgan fingerprint density at radius 3 is 1.11 bits per heavy atom. The molecule has 0 aromatic rings. The van der Waals surface area contributed by atoms with Crippen LogP contribution in [0.25, 0.3) is 0 Å². The summed E-state index contributed by atoms with van der Waals surface area (Å²) in [5.41, 5.74) is 0. The smallest absolute Gasteiger partial charge is 0.134 e. The Labute approximate surface area is 63.3 Å². The Morgan fingerprint density at radius 1 is 1.00 bits per heavy atom. The lowest BCUT2D eigenvalue weighted by molar-refractivity contribution is -0.106. The fraction of sp³-hybridized carbons (Fsp3) is 0.500. The molecular formula is C4H8Cl2O3. The zero-order valence-corrected chi connectivity index (χ0v) is 6.15. The fourth-order valence-corrected chi connectivity index (χ4v) is 0. The van der Waals surface area contributed by atoms with Crippen molar-refractivity contribution in [1.29, 1.82) is 0 Å². The minimum atomic E-state index is 0. The molecule has 56 valence electrons. The molecule has 0 aromatic carbocycles. The van der Waals surface area contributed by atoms with Gasteiger partial charge in [0.2, 0.25) is 0 Å². The van der Waals surface area contributed by atoms with Crippen LogP contribution in [0, 0.1) is 0 Å². The molecule has 0 aromatic heterocycles. The van der Waals surface area contributed by atoms with Gasteiger partial charge in [0.1, 0.15) is 12.6 Å². The van der Waals surface area contributed by atoms with Gasteiger partial charge in [0.15, 0.2) is 0 Å². The van der Waals surface area contributed by atoms with Gasteiger partial charge in [-0.2, -0.15) is 0 Å². The Kier molecular flexibility index (Phi) is 43.9. The third-order valence-electron chi connectivity index (χ3n) is 0.126. The molecule has 3 nitrogen and oxygen atoms in total. The molecule has 0 heterocycles. The van der Waals surface area contributed by atoms with E-state index in [0.717, 1.165) is 0 Å². The van der Waals surface area contributed by atoms with E-state index in [-0.39, 0.29) is 17.2 Å². The quantitative estimate of drug-likeness (QED) is 0.438. The normalized spacial score (nSPS) is 5.56. The van der Waals surface area contributed by atoms with Crippen molar-refractivity contribution in [3.63, 3.8) is 0 Å². The van der Waals surface area contributed by atoms with Crippen LogP contribution in [0.2, 0.25) is 0 Å². The molecule has 0 aliphatic rings. The van der Waals surface area contributed by atoms with Gasteiger partial charge >= 0.3 is 0 Å². The number of rotatable bonds is 2. The Hall–Kier alpha value is -0.120. The molecular weight excluding hydrogens is 167 g/mol. The summed E-state index contributed by atoms with van der Waals surface area (Å²) >= 11 is 9.64. The summed E-state index contributed by atoms with van der Waals surface area (Å²) in [5.74, 6) is 0.222. The van der Waals surface area contributed by atoms with E-state index < -0.39 is 0 Å². The van der Waals surface area contributed by atoms with Gasteiger partial charge in [-0.05, 0) is 0 Å². The number of aldehydes is 2. The molecule has 0 bridgehead atoms. The van der Waals surface area contributed by atoms with Crippen LogP contribution in [0.15, 0.2) is 0 Å². The van der Waals surface area contributed by atoms with E-state index >= 15 is 0 Å². The van der Waals surface area contributed by atoms with E-state index in [1.807, 2.05) is 0 Å². The van der Waals surface area contributed by atoms with Gasteiger partial charge in [-0.15, -0.1) is 23.2 Å². The predicted octanol–water partition coefficient (Wildman–Crippen LogP) is 0.0235. The number of carbonyl (C=O) groups is 2. The first-order valence-electron chi connectivity index (χ1n) is 1.82. The topological polar surface area (TPSA) is 65.6 Å². The summed E-state index contributed by atoms with van der Waals surface area (Å²) in [6.07, 6.45) is 1.28. The van der Waals surface area contributed by atoms with Crippen LogP contribution in [0.1, 0.15) is 0 Å². The van der Waals surface area contributed by atoms with Crippen molar-refractivity contribution in [3.05, 3.63) is 0 Å². The molecule has 0 amide bonds. The number of alkyl halides is 2. The Bertz CT molecular complexity index is 49.8. The first kappa shape index (κ1) is 15.9. The summed E-state index contributed by atoms with van der Waals surface area (Å²) in [4.78, 5) is 18.1. The molecule has 0 aliphatic carbocycles. The summed E-state index contributed by atoms with van der Waals surface area (Å²) in [7, 11) is 0. The van der Waals surface area contributed by atoms with Crippen LogP contribution >= 0.6 is 23.2 Å². The first-order chi connectivity index (χ1) is 3.83. The zero-order valence-electron chi connectivity index (χ0n) is 4.64. The molecule has 0 unspecified atom stereocenters. The van der Waals surface area contributed by atoms with Gasteiger partial charge in [0, 0.05) is 0 Å². The molecule has 2 N–H and O–H groups in total. The van der Waals surface area contributed by atoms with Crippen molar-refractivity contribution in [3.8, 4) is 0 Å². The van der Waals surface area contributed by atoms with Crippen molar-refractivity contribution in [2.45, 2.75) is 0 Å². The monoisotopic (exact) mass is 174 g/mol. The molecule has 0 spiro atoms. The van der Waals surface area contributed by atoms with E-state index in [4.69, 9.17) is 32.8 Å². The molecule has 0 aliphatic heterocycles. The van der Waals surface area contributed by atoms with Crippen LogP contribution in [0.3, 0.4) is 0 Å². The highest BCUT2D eigenvalue weighted by molar-refractivity contribution is 6.24. The van der Waals surface area contributed by atoms with Crippen molar-refractivity contribution in [2.75, 3.05) is 11.8 Å². The molecule has 0 fully saturated rings. The van der Waals surface area contributed by atoms with Gasteiger partial charge in [-0.1, -0.05) is 0 Å². The maximum atomic E-state index is 9.04. The zero-order chi connectivity index (χ0) is 6.83. The van der Waals surface area contributed by atoms with Gasteiger partial charge in [-0.25, -0.2) is 0 Å². The highest BCUT2D eigenvalue weighted by Gasteiger charge is 1.55. The molecule has 9 heavy (non-hydrogen) atoms. The summed E-state index contributed by atoms with van der Waals surface area (Å²) < 4.78 is 0. The third kappa shape index (κ3) is 77.1. The van der Waals surface area contributed by atoms with E-state index in [0.29, 0.717) is 12.6 Å². The molecule has 0 saturated carbocycles. The van der Waals surface area contributed by atoms with Crippen LogP contribution < -0.4 is 0 Å². The van der Waals surface area contributed by atoms with Gasteiger partial charge in [0.05, 0.1) is 11.8 Å². The van der Waals surface area contributed by atoms with Gasteiger partial charge < -0.3 is 15.1 Å². The largest absolute Gasteiger partial charge is 0.412 e. The fourth-order valence-electron chi connectivity index (χ4n) is 0. The highest BCUT2D eigenvalue weighted by atomic mass is 35.5. The second-order valence-corrected chi connectivity index (χ2v) is 1.26. The SMILES string of the molecule is O.O=CCCl.O=CCCl. The maximum Gasteiger partial charge on any atom is 0.134 e. The highest BCUT2D eigenvalue weighted by Crippen LogP contribution is 1.58. The van der Waals surface area contributed by atoms with E-state index in [1.165, 1.54) is 0 Å². The van der Waals surface area contributed by atoms with Crippen molar-refractivity contribution in [2.24, 2.45) is 0 Å². The minimum Gasteiger partial charge on any atom is -0.412 e. The van der Waals surface area contributed by atoms with Crippen molar-refractivity contribution < 1.29 is 15.1 Å². The number of halogens is 2. The molecule has 5 heteroatoms. The lowest BCUT2D eigenvalue weighted by Gasteiger charge is -1.49. The number of hydrogen-bond donors (Lipinski definition) is 0. The van der Waals surface area contributed by atoms with Crippen LogP contribution in [-0.4, -0.2) is 29.8 Å². The molecule has 0 radical (unpaired) electrons. The molecule has 0 atom stereocenters. The Balaban J connectivity index is -0.0000000720. The van der Waals surface area contributed by atoms with Gasteiger partial charge in [-0.3, -0.25) is 0 Å². The predicted molar refractivity (Wildman–Crippen MR) is 37.2 cm³/mol. The van der Waals surface area contributed by atoms with E-state index in [1.54, 1.807) is 0 Å². The van der Waals surface area contributed by atoms with Crippen LogP contribution in [-0.2, 0) is 9.59 Å². The third-order valence-corrected chi connectivity index (χ3v) is 0.378. The average molecular weight is 175 g/mol. The standard InChI is InChI=1S/2C2H3ClO.H2O/c2*3-1-2-4;/h2*2H,1H2;1H2. The molecule has 0 rings (SSSR count).